The molecule has 0 saturated heterocycles. The molecular formula is C32H31BrN14O6. The second-order valence-corrected chi connectivity index (χ2v) is 11.8. The van der Waals surface area contributed by atoms with Crippen molar-refractivity contribution in [2.24, 2.45) is 11.5 Å². The van der Waals surface area contributed by atoms with Crippen molar-refractivity contribution in [2.75, 3.05) is 11.5 Å². The van der Waals surface area contributed by atoms with E-state index in [-0.39, 0.29) is 34.8 Å². The summed E-state index contributed by atoms with van der Waals surface area (Å²) >= 11 is 3.20. The first-order chi connectivity index (χ1) is 25.2. The number of carbonyl (C=O) groups excluding carboxylic acids is 2. The van der Waals surface area contributed by atoms with Gasteiger partial charge in [-0.1, -0.05) is 12.1 Å². The third-order valence-corrected chi connectivity index (χ3v) is 8.05. The van der Waals surface area contributed by atoms with Crippen LogP contribution in [-0.4, -0.2) is 61.6 Å². The van der Waals surface area contributed by atoms with Crippen LogP contribution >= 0.6 is 15.9 Å². The molecule has 0 aromatic carbocycles. The Kier molecular flexibility index (Phi) is 12.5. The van der Waals surface area contributed by atoms with Gasteiger partial charge in [-0.3, -0.25) is 34.9 Å². The van der Waals surface area contributed by atoms with Crippen LogP contribution in [0.15, 0.2) is 90.6 Å². The Labute approximate surface area is 308 Å². The van der Waals surface area contributed by atoms with E-state index in [0.717, 1.165) is 10.2 Å². The van der Waals surface area contributed by atoms with Gasteiger partial charge in [0.1, 0.15) is 4.60 Å². The van der Waals surface area contributed by atoms with Crippen molar-refractivity contribution < 1.29 is 19.4 Å². The van der Waals surface area contributed by atoms with Crippen LogP contribution < -0.4 is 22.9 Å². The Morgan fingerprint density at radius 1 is 0.755 bits per heavy atom. The highest BCUT2D eigenvalue weighted by Crippen LogP contribution is 2.34. The highest BCUT2D eigenvalue weighted by molar-refractivity contribution is 9.10. The zero-order valence-electron chi connectivity index (χ0n) is 27.9. The lowest BCUT2D eigenvalue weighted by Crippen LogP contribution is -2.18. The third kappa shape index (κ3) is 9.55. The zero-order chi connectivity index (χ0) is 38.8. The lowest BCUT2D eigenvalue weighted by atomic mass is 10.0. The highest BCUT2D eigenvalue weighted by atomic mass is 79.9. The number of halogens is 1. The molecule has 0 aliphatic rings. The minimum Gasteiger partial charge on any atom is -0.378 e. The van der Waals surface area contributed by atoms with E-state index in [9.17, 15) is 29.8 Å². The molecule has 0 aliphatic heterocycles. The molecule has 0 bridgehead atoms. The molecule has 0 fully saturated rings. The Morgan fingerprint density at radius 2 is 1.28 bits per heavy atom. The number of hydrogen-bond acceptors (Lipinski definition) is 14. The summed E-state index contributed by atoms with van der Waals surface area (Å²) in [6.45, 7) is 3.45. The van der Waals surface area contributed by atoms with E-state index in [1.807, 2.05) is 6.07 Å². The molecule has 2 amide bonds. The Hall–Kier alpha value is -7.16. The molecule has 20 nitrogen and oxygen atoms in total. The van der Waals surface area contributed by atoms with E-state index in [1.165, 1.54) is 41.6 Å². The predicted molar refractivity (Wildman–Crippen MR) is 196 cm³/mol. The van der Waals surface area contributed by atoms with Crippen molar-refractivity contribution in [2.45, 2.75) is 25.7 Å². The molecular weight excluding hydrogens is 756 g/mol. The van der Waals surface area contributed by atoms with Gasteiger partial charge in [0, 0.05) is 48.3 Å². The smallest absolute Gasteiger partial charge is 0.319 e. The number of anilines is 2. The molecule has 6 aromatic rings. The first-order valence-electron chi connectivity index (χ1n) is 15.2. The number of carbonyl (C=O) groups is 2. The highest BCUT2D eigenvalue weighted by Gasteiger charge is 2.22. The molecule has 0 radical (unpaired) electrons. The minimum absolute atomic E-state index is 0.0984. The van der Waals surface area contributed by atoms with Crippen molar-refractivity contribution >= 4 is 50.8 Å². The van der Waals surface area contributed by atoms with Gasteiger partial charge in [0.25, 0.3) is 0 Å². The average Bonchev–Trinajstić information content (AvgIpc) is 3.85. The Balaban J connectivity index is 0.000000196. The maximum Gasteiger partial charge on any atom is 0.319 e. The number of aromatic amines is 1. The van der Waals surface area contributed by atoms with E-state index >= 15 is 0 Å². The number of amides is 2. The quantitative estimate of drug-likeness (QED) is 0.0791. The molecule has 6 aromatic heterocycles. The average molecular weight is 788 g/mol. The van der Waals surface area contributed by atoms with Crippen molar-refractivity contribution in [3.63, 3.8) is 0 Å². The summed E-state index contributed by atoms with van der Waals surface area (Å²) < 4.78 is 2.22. The van der Waals surface area contributed by atoms with Crippen LogP contribution in [0.5, 0.6) is 0 Å². The van der Waals surface area contributed by atoms with Crippen LogP contribution in [0, 0.1) is 20.2 Å². The normalized spacial score (nSPS) is 11.5. The van der Waals surface area contributed by atoms with Crippen LogP contribution in [0.3, 0.4) is 0 Å². The number of aromatic nitrogens is 8. The topological polar surface area (TPSA) is 323 Å². The van der Waals surface area contributed by atoms with E-state index < -0.39 is 21.7 Å². The van der Waals surface area contributed by atoms with Crippen molar-refractivity contribution in [3.8, 4) is 28.1 Å². The van der Waals surface area contributed by atoms with Gasteiger partial charge in [-0.2, -0.15) is 10.2 Å². The van der Waals surface area contributed by atoms with Crippen LogP contribution in [0.25, 0.3) is 28.1 Å². The number of nitrogens with one attached hydrogen (secondary N) is 1. The number of H-pyrrole nitrogens is 1. The van der Waals surface area contributed by atoms with Crippen molar-refractivity contribution in [1.29, 1.82) is 0 Å². The molecule has 21 heteroatoms. The molecule has 2 unspecified atom stereocenters. The summed E-state index contributed by atoms with van der Waals surface area (Å²) in [5, 5.41) is 32.5. The minimum atomic E-state index is -0.576. The van der Waals surface area contributed by atoms with Crippen molar-refractivity contribution in [3.05, 3.63) is 122 Å². The number of hydrogen-bond donors (Lipinski definition) is 5. The molecule has 272 valence electrons. The number of rotatable bonds is 9. The van der Waals surface area contributed by atoms with E-state index in [4.69, 9.17) is 22.9 Å². The van der Waals surface area contributed by atoms with Gasteiger partial charge in [0.2, 0.25) is 23.5 Å². The van der Waals surface area contributed by atoms with Gasteiger partial charge in [0.15, 0.2) is 5.82 Å². The van der Waals surface area contributed by atoms with Crippen LogP contribution in [0.4, 0.5) is 23.0 Å². The monoisotopic (exact) mass is 786 g/mol. The first-order valence-corrected chi connectivity index (χ1v) is 16.0. The first kappa shape index (κ1) is 38.6. The number of nitrogens with two attached hydrogens (primary N) is 4. The second kappa shape index (κ2) is 17.2. The largest absolute Gasteiger partial charge is 0.378 e. The van der Waals surface area contributed by atoms with Gasteiger partial charge in [-0.15, -0.1) is 0 Å². The van der Waals surface area contributed by atoms with Gasteiger partial charge >= 0.3 is 11.4 Å². The van der Waals surface area contributed by atoms with E-state index in [0.29, 0.717) is 33.6 Å². The molecule has 9 N–H and O–H groups in total. The van der Waals surface area contributed by atoms with Crippen LogP contribution in [-0.2, 0) is 9.59 Å². The molecule has 6 heterocycles. The number of nitrogens with zero attached hydrogens (tertiary/aromatic N) is 9. The summed E-state index contributed by atoms with van der Waals surface area (Å²) in [5.41, 5.74) is 24.4. The lowest BCUT2D eigenvalue weighted by molar-refractivity contribution is -0.383. The molecule has 0 spiro atoms. The van der Waals surface area contributed by atoms with Crippen LogP contribution in [0.2, 0.25) is 0 Å². The summed E-state index contributed by atoms with van der Waals surface area (Å²) in [5.74, 6) is -1.27. The summed E-state index contributed by atoms with van der Waals surface area (Å²) in [6, 6.07) is 10.1. The van der Waals surface area contributed by atoms with Gasteiger partial charge in [0.05, 0.1) is 45.2 Å². The standard InChI is InChI=1S/C16H15N7O3.C8H9BrN2O.C8H7N5O2/c1-9(16(18)24)10-2-3-13(20-6-10)22-8-11(7-21-22)12-4-5-19-15(17)14(12)23(25)26;1-5(8(10)12)6-2-3-7(9)11-4-6;9-8-7(13(14)15)6(1-2-10-8)5-3-11-12-4-5/h2-9H,1H3,(H2,17,19)(H2,18,24);2-5H,1H3,(H2,10,12);1-4H,(H2,9,10)(H,11,12). The second-order valence-electron chi connectivity index (χ2n) is 11.0. The predicted octanol–water partition coefficient (Wildman–Crippen LogP) is 3.80. The van der Waals surface area contributed by atoms with Gasteiger partial charge in [-0.05, 0) is 65.2 Å². The van der Waals surface area contributed by atoms with E-state index in [2.05, 4.69) is 51.2 Å². The summed E-state index contributed by atoms with van der Waals surface area (Å²) in [7, 11) is 0. The maximum absolute atomic E-state index is 11.3. The lowest BCUT2D eigenvalue weighted by Gasteiger charge is -2.07. The van der Waals surface area contributed by atoms with Crippen LogP contribution in [0.1, 0.15) is 36.8 Å². The summed E-state index contributed by atoms with van der Waals surface area (Å²) in [6.07, 6.45) is 12.1. The number of nitrogen functional groups attached to an aromatic ring is 2. The fourth-order valence-electron chi connectivity index (χ4n) is 4.54. The van der Waals surface area contributed by atoms with Gasteiger partial charge < -0.3 is 22.9 Å². The summed E-state index contributed by atoms with van der Waals surface area (Å²) in [4.78, 5) is 58.6. The third-order valence-electron chi connectivity index (χ3n) is 7.58. The van der Waals surface area contributed by atoms with Gasteiger partial charge in [-0.25, -0.2) is 24.6 Å². The Morgan fingerprint density at radius 3 is 1.72 bits per heavy atom. The zero-order valence-corrected chi connectivity index (χ0v) is 29.5. The number of primary amides is 2. The number of nitro groups is 2. The van der Waals surface area contributed by atoms with Crippen molar-refractivity contribution in [1.82, 2.24) is 39.9 Å². The number of pyridine rings is 4. The molecule has 53 heavy (non-hydrogen) atoms. The molecule has 6 rings (SSSR count). The molecule has 2 atom stereocenters. The molecule has 0 saturated carbocycles. The SMILES string of the molecule is CC(C(N)=O)c1ccc(-n2cc(-c3ccnc(N)c3[N+](=O)[O-])cn2)nc1.CC(C(N)=O)c1ccc(Br)nc1.Nc1nccc(-c2cn[nH]c2)c1[N+](=O)[O-]. The Bertz CT molecular complexity index is 2230. The fraction of sp³-hybridized carbons (Fsp3) is 0.125. The van der Waals surface area contributed by atoms with E-state index in [1.54, 1.807) is 56.8 Å². The fourth-order valence-corrected chi connectivity index (χ4v) is 4.77. The molecule has 0 aliphatic carbocycles. The maximum atomic E-state index is 11.3.